The Labute approximate surface area is 143 Å². The van der Waals surface area contributed by atoms with Gasteiger partial charge in [0, 0.05) is 29.5 Å². The molecule has 0 saturated carbocycles. The smallest absolute Gasteiger partial charge is 0.295 e. The maximum atomic E-state index is 12.9. The van der Waals surface area contributed by atoms with Crippen molar-refractivity contribution < 1.29 is 22.0 Å². The van der Waals surface area contributed by atoms with Gasteiger partial charge in [-0.2, -0.15) is 8.78 Å². The minimum atomic E-state index is -3.73. The normalized spacial score (nSPS) is 18.2. The molecule has 0 spiro atoms. The van der Waals surface area contributed by atoms with Crippen LogP contribution in [0.3, 0.4) is 0 Å². The van der Waals surface area contributed by atoms with Crippen molar-refractivity contribution in [2.75, 3.05) is 0 Å². The fourth-order valence-corrected chi connectivity index (χ4v) is 3.47. The second kappa shape index (κ2) is 7.04. The molecule has 3 N–H and O–H groups in total. The van der Waals surface area contributed by atoms with Crippen molar-refractivity contribution in [3.05, 3.63) is 53.8 Å². The number of carbonyl (C=O) groups is 1. The van der Waals surface area contributed by atoms with Crippen LogP contribution in [0.1, 0.15) is 23.7 Å². The molecule has 24 heavy (non-hydrogen) atoms. The minimum Gasteiger partial charge on any atom is -0.326 e. The summed E-state index contributed by atoms with van der Waals surface area (Å²) in [6.45, 7) is 0.795. The molecular weight excluding hydrogens is 358 g/mol. The number of sulfonamides is 1. The summed E-state index contributed by atoms with van der Waals surface area (Å²) in [5.74, 6) is -0.454. The van der Waals surface area contributed by atoms with Crippen LogP contribution in [-0.4, -0.2) is 24.8 Å². The molecule has 0 aliphatic heterocycles. The number of amides is 1. The summed E-state index contributed by atoms with van der Waals surface area (Å²) in [6.07, 6.45) is 4.61. The average molecular weight is 374 g/mol. The third-order valence-electron chi connectivity index (χ3n) is 3.15. The molecule has 0 saturated heterocycles. The predicted molar refractivity (Wildman–Crippen MR) is 89.1 cm³/mol. The first-order valence-electron chi connectivity index (χ1n) is 6.92. The number of carbonyl (C=O) groups excluding carboxylic acids is 1. The van der Waals surface area contributed by atoms with Gasteiger partial charge in [0.15, 0.2) is 0 Å². The zero-order chi connectivity index (χ0) is 18.0. The Morgan fingerprint density at radius 1 is 1.33 bits per heavy atom. The third-order valence-corrected chi connectivity index (χ3v) is 5.19. The summed E-state index contributed by atoms with van der Waals surface area (Å²) in [7, 11) is -3.73. The van der Waals surface area contributed by atoms with E-state index in [9.17, 15) is 22.0 Å². The Balaban J connectivity index is 2.03. The van der Waals surface area contributed by atoms with Crippen LogP contribution >= 0.6 is 11.8 Å². The summed E-state index contributed by atoms with van der Waals surface area (Å²) in [4.78, 5) is 12.5. The van der Waals surface area contributed by atoms with Crippen LogP contribution in [0.2, 0.25) is 0 Å². The first-order chi connectivity index (χ1) is 11.0. The van der Waals surface area contributed by atoms with Gasteiger partial charge in [-0.3, -0.25) is 4.79 Å². The summed E-state index contributed by atoms with van der Waals surface area (Å²) < 4.78 is 48.6. The molecule has 9 heteroatoms. The van der Waals surface area contributed by atoms with Crippen LogP contribution in [0, 0.1) is 0 Å². The van der Waals surface area contributed by atoms with Gasteiger partial charge in [-0.25, -0.2) is 13.6 Å². The lowest BCUT2D eigenvalue weighted by Crippen LogP contribution is -2.32. The molecular formula is C15H16F2N2O3S2. The van der Waals surface area contributed by atoms with Gasteiger partial charge in [0.2, 0.25) is 10.0 Å². The van der Waals surface area contributed by atoms with E-state index in [2.05, 4.69) is 5.32 Å². The number of thioether (sulfide) groups is 1. The Bertz CT molecular complexity index is 782. The lowest BCUT2D eigenvalue weighted by molar-refractivity contribution is 0.0964. The van der Waals surface area contributed by atoms with Crippen molar-refractivity contribution in [3.63, 3.8) is 0 Å². The number of alkyl halides is 2. The number of benzene rings is 1. The molecule has 0 bridgehead atoms. The van der Waals surface area contributed by atoms with E-state index >= 15 is 0 Å². The van der Waals surface area contributed by atoms with Crippen molar-refractivity contribution in [2.24, 2.45) is 5.14 Å². The van der Waals surface area contributed by atoms with Crippen LogP contribution < -0.4 is 10.5 Å². The number of halogens is 2. The zero-order valence-electron chi connectivity index (χ0n) is 12.7. The number of nitrogens with one attached hydrogen (secondary N) is 1. The van der Waals surface area contributed by atoms with E-state index in [4.69, 9.17) is 5.14 Å². The van der Waals surface area contributed by atoms with Gasteiger partial charge >= 0.3 is 0 Å². The largest absolute Gasteiger partial charge is 0.326 e. The van der Waals surface area contributed by atoms with E-state index in [0.717, 1.165) is 6.92 Å². The minimum absolute atomic E-state index is 0.0665. The molecule has 1 unspecified atom stereocenters. The highest BCUT2D eigenvalue weighted by atomic mass is 32.2. The maximum Gasteiger partial charge on any atom is 0.295 e. The van der Waals surface area contributed by atoms with Crippen LogP contribution in [-0.2, 0) is 10.0 Å². The first-order valence-corrected chi connectivity index (χ1v) is 9.34. The summed E-state index contributed by atoms with van der Waals surface area (Å²) in [6, 6.07) is 5.72. The highest BCUT2D eigenvalue weighted by Gasteiger charge is 2.24. The number of nitrogens with two attached hydrogens (primary N) is 1. The Morgan fingerprint density at radius 2 is 1.96 bits per heavy atom. The fourth-order valence-electron chi connectivity index (χ4n) is 2.07. The fraction of sp³-hybridized carbons (Fsp3) is 0.267. The number of primary sulfonamides is 1. The van der Waals surface area contributed by atoms with Crippen molar-refractivity contribution >= 4 is 27.7 Å². The van der Waals surface area contributed by atoms with Gasteiger partial charge in [0.25, 0.3) is 11.2 Å². The second-order valence-electron chi connectivity index (χ2n) is 5.30. The molecule has 0 aromatic heterocycles. The van der Waals surface area contributed by atoms with Crippen LogP contribution in [0.15, 0.2) is 53.1 Å². The number of hydrogen-bond acceptors (Lipinski definition) is 4. The van der Waals surface area contributed by atoms with Crippen molar-refractivity contribution in [2.45, 2.75) is 28.7 Å². The van der Waals surface area contributed by atoms with Gasteiger partial charge in [-0.05, 0) is 30.3 Å². The molecule has 1 atom stereocenters. The molecule has 1 aliphatic rings. The molecule has 0 fully saturated rings. The van der Waals surface area contributed by atoms with Gasteiger partial charge in [-0.15, -0.1) is 0 Å². The molecule has 1 aliphatic carbocycles. The van der Waals surface area contributed by atoms with Crippen LogP contribution in [0.5, 0.6) is 0 Å². The highest BCUT2D eigenvalue weighted by molar-refractivity contribution is 8.00. The van der Waals surface area contributed by atoms with Crippen molar-refractivity contribution in [1.29, 1.82) is 0 Å². The lowest BCUT2D eigenvalue weighted by atomic mass is 10.1. The Kier molecular flexibility index (Phi) is 5.46. The number of hydrogen-bond donors (Lipinski definition) is 2. The molecule has 2 rings (SSSR count). The molecule has 1 aromatic rings. The van der Waals surface area contributed by atoms with Crippen LogP contribution in [0.4, 0.5) is 8.78 Å². The van der Waals surface area contributed by atoms with Gasteiger partial charge in [-0.1, -0.05) is 23.9 Å². The van der Waals surface area contributed by atoms with Crippen molar-refractivity contribution in [3.8, 4) is 0 Å². The quantitative estimate of drug-likeness (QED) is 0.776. The Hall–Kier alpha value is -1.71. The zero-order valence-corrected chi connectivity index (χ0v) is 14.3. The maximum absolute atomic E-state index is 12.9. The highest BCUT2D eigenvalue weighted by Crippen LogP contribution is 2.35. The molecule has 130 valence electrons. The lowest BCUT2D eigenvalue weighted by Gasteiger charge is -2.17. The SMILES string of the molecule is CC(F)(F)Sc1ccc(C(=O)NC2=CC=CC(S(N)(=O)=O)C2)cc1. The molecule has 1 aromatic carbocycles. The van der Waals surface area contributed by atoms with Gasteiger partial charge < -0.3 is 5.32 Å². The van der Waals surface area contributed by atoms with E-state index in [1.807, 2.05) is 0 Å². The summed E-state index contributed by atoms with van der Waals surface area (Å²) in [5.41, 5.74) is 0.696. The van der Waals surface area contributed by atoms with Gasteiger partial charge in [0.05, 0.1) is 5.25 Å². The van der Waals surface area contributed by atoms with E-state index in [-0.39, 0.29) is 12.0 Å². The van der Waals surface area contributed by atoms with E-state index < -0.39 is 26.4 Å². The summed E-state index contributed by atoms with van der Waals surface area (Å²) >= 11 is 0.394. The Morgan fingerprint density at radius 3 is 2.50 bits per heavy atom. The predicted octanol–water partition coefficient (Wildman–Crippen LogP) is 2.62. The van der Waals surface area contributed by atoms with Crippen molar-refractivity contribution in [1.82, 2.24) is 5.32 Å². The molecule has 0 radical (unpaired) electrons. The average Bonchev–Trinajstić information content (AvgIpc) is 2.45. The standard InChI is InChI=1S/C15H16F2N2O3S2/c1-15(16,17)23-12-7-5-10(6-8-12)14(20)19-11-3-2-4-13(9-11)24(18,21)22/h2-8,13H,9H2,1H3,(H,19,20)(H2,18,21,22). The topological polar surface area (TPSA) is 89.3 Å². The van der Waals surface area contributed by atoms with E-state index in [1.54, 1.807) is 6.08 Å². The second-order valence-corrected chi connectivity index (χ2v) is 8.47. The van der Waals surface area contributed by atoms with E-state index in [0.29, 0.717) is 22.4 Å². The molecule has 1 amide bonds. The first kappa shape index (κ1) is 18.6. The van der Waals surface area contributed by atoms with E-state index in [1.165, 1.54) is 36.4 Å². The monoisotopic (exact) mass is 374 g/mol. The number of rotatable bonds is 5. The molecule has 5 nitrogen and oxygen atoms in total. The number of allylic oxidation sites excluding steroid dienone is 3. The van der Waals surface area contributed by atoms with Crippen LogP contribution in [0.25, 0.3) is 0 Å². The summed E-state index contributed by atoms with van der Waals surface area (Å²) in [5, 5.41) is 3.92. The third kappa shape index (κ3) is 5.43. The molecule has 0 heterocycles. The van der Waals surface area contributed by atoms with Gasteiger partial charge in [0.1, 0.15) is 0 Å².